The molecule has 0 fully saturated rings. The molecule has 0 aliphatic rings. The summed E-state index contributed by atoms with van der Waals surface area (Å²) in [6, 6.07) is 1.71. The van der Waals surface area contributed by atoms with Gasteiger partial charge in [0.15, 0.2) is 0 Å². The molecule has 1 rings (SSSR count). The zero-order valence-corrected chi connectivity index (χ0v) is 9.60. The van der Waals surface area contributed by atoms with Crippen molar-refractivity contribution in [3.8, 4) is 0 Å². The van der Waals surface area contributed by atoms with Crippen LogP contribution in [0.3, 0.4) is 0 Å². The summed E-state index contributed by atoms with van der Waals surface area (Å²) < 4.78 is 0. The van der Waals surface area contributed by atoms with Crippen molar-refractivity contribution < 1.29 is 15.0 Å². The molecule has 0 saturated heterocycles. The monoisotopic (exact) mass is 229 g/mol. The maximum atomic E-state index is 10.7. The van der Waals surface area contributed by atoms with Gasteiger partial charge in [0.05, 0.1) is 6.61 Å². The molecule has 0 saturated carbocycles. The van der Waals surface area contributed by atoms with E-state index in [2.05, 4.69) is 5.32 Å². The molecule has 0 aliphatic heterocycles. The molecular weight excluding hydrogens is 214 g/mol. The molecule has 0 aliphatic carbocycles. The van der Waals surface area contributed by atoms with E-state index in [9.17, 15) is 4.79 Å². The molecule has 1 unspecified atom stereocenters. The summed E-state index contributed by atoms with van der Waals surface area (Å²) in [6.45, 7) is 4.45. The van der Waals surface area contributed by atoms with E-state index < -0.39 is 5.97 Å². The highest BCUT2D eigenvalue weighted by atomic mass is 32.1. The van der Waals surface area contributed by atoms with Gasteiger partial charge < -0.3 is 15.5 Å². The summed E-state index contributed by atoms with van der Waals surface area (Å²) in [5.41, 5.74) is 0.984. The summed E-state index contributed by atoms with van der Waals surface area (Å²) >= 11 is 1.28. The zero-order valence-electron chi connectivity index (χ0n) is 8.78. The van der Waals surface area contributed by atoms with Crippen molar-refractivity contribution >= 4 is 17.3 Å². The van der Waals surface area contributed by atoms with E-state index in [4.69, 9.17) is 10.2 Å². The van der Waals surface area contributed by atoms with Gasteiger partial charge in [-0.25, -0.2) is 4.79 Å². The lowest BCUT2D eigenvalue weighted by Crippen LogP contribution is -2.28. The minimum Gasteiger partial charge on any atom is -0.477 e. The molecule has 1 atom stereocenters. The van der Waals surface area contributed by atoms with Crippen LogP contribution in [-0.4, -0.2) is 28.8 Å². The number of aromatic carboxylic acids is 1. The topological polar surface area (TPSA) is 69.6 Å². The van der Waals surface area contributed by atoms with Crippen molar-refractivity contribution in [2.24, 2.45) is 0 Å². The van der Waals surface area contributed by atoms with Gasteiger partial charge in [-0.15, -0.1) is 11.3 Å². The number of rotatable bonds is 5. The van der Waals surface area contributed by atoms with Crippen molar-refractivity contribution in [2.75, 3.05) is 6.61 Å². The van der Waals surface area contributed by atoms with E-state index >= 15 is 0 Å². The van der Waals surface area contributed by atoms with E-state index in [-0.39, 0.29) is 12.6 Å². The Kier molecular flexibility index (Phi) is 4.26. The highest BCUT2D eigenvalue weighted by Crippen LogP contribution is 2.21. The molecule has 15 heavy (non-hydrogen) atoms. The molecule has 0 spiro atoms. The first-order valence-electron chi connectivity index (χ1n) is 4.71. The number of hydrogen-bond donors (Lipinski definition) is 3. The van der Waals surface area contributed by atoms with Crippen molar-refractivity contribution in [3.63, 3.8) is 0 Å². The van der Waals surface area contributed by atoms with Crippen LogP contribution in [0, 0.1) is 6.92 Å². The Bertz CT molecular complexity index is 348. The van der Waals surface area contributed by atoms with E-state index in [0.717, 1.165) is 10.4 Å². The summed E-state index contributed by atoms with van der Waals surface area (Å²) in [5.74, 6) is -0.885. The Labute approximate surface area is 92.6 Å². The Hall–Kier alpha value is -0.910. The average Bonchev–Trinajstić information content (AvgIpc) is 2.56. The maximum Gasteiger partial charge on any atom is 0.345 e. The van der Waals surface area contributed by atoms with E-state index in [0.29, 0.717) is 11.4 Å². The first-order chi connectivity index (χ1) is 7.04. The van der Waals surface area contributed by atoms with Crippen molar-refractivity contribution in [1.82, 2.24) is 5.32 Å². The molecule has 0 aromatic carbocycles. The van der Waals surface area contributed by atoms with E-state index in [1.54, 1.807) is 6.07 Å². The smallest absolute Gasteiger partial charge is 0.345 e. The van der Waals surface area contributed by atoms with Crippen molar-refractivity contribution in [2.45, 2.75) is 26.4 Å². The molecule has 4 nitrogen and oxygen atoms in total. The first kappa shape index (κ1) is 12.2. The number of aliphatic hydroxyl groups is 1. The Balaban J connectivity index is 2.65. The standard InChI is InChI=1S/C10H15NO3S/c1-6(5-12)11-4-8-3-9(10(13)14)15-7(8)2/h3,6,11-12H,4-5H2,1-2H3,(H,13,14). The third-order valence-electron chi connectivity index (χ3n) is 2.15. The molecule has 3 N–H and O–H groups in total. The third-order valence-corrected chi connectivity index (χ3v) is 3.23. The van der Waals surface area contributed by atoms with Crippen LogP contribution in [-0.2, 0) is 6.54 Å². The molecule has 1 aromatic rings. The first-order valence-corrected chi connectivity index (χ1v) is 5.53. The molecule has 0 bridgehead atoms. The van der Waals surface area contributed by atoms with Crippen LogP contribution in [0.4, 0.5) is 0 Å². The summed E-state index contributed by atoms with van der Waals surface area (Å²) in [7, 11) is 0. The van der Waals surface area contributed by atoms with Crippen molar-refractivity contribution in [1.29, 1.82) is 0 Å². The molecule has 84 valence electrons. The number of hydrogen-bond acceptors (Lipinski definition) is 4. The van der Waals surface area contributed by atoms with Gasteiger partial charge in [0.25, 0.3) is 0 Å². The number of thiophene rings is 1. The second-order valence-electron chi connectivity index (χ2n) is 3.46. The Morgan fingerprint density at radius 2 is 2.33 bits per heavy atom. The SMILES string of the molecule is Cc1sc(C(=O)O)cc1CNC(C)CO. The number of carboxylic acid groups (broad SMARTS) is 1. The van der Waals surface area contributed by atoms with Crippen LogP contribution < -0.4 is 5.32 Å². The largest absolute Gasteiger partial charge is 0.477 e. The molecule has 0 radical (unpaired) electrons. The minimum absolute atomic E-state index is 0.0255. The zero-order chi connectivity index (χ0) is 11.4. The van der Waals surface area contributed by atoms with Crippen LogP contribution >= 0.6 is 11.3 Å². The van der Waals surface area contributed by atoms with Gasteiger partial charge in [0, 0.05) is 17.5 Å². The van der Waals surface area contributed by atoms with Crippen LogP contribution in [0.2, 0.25) is 0 Å². The minimum atomic E-state index is -0.885. The number of aryl methyl sites for hydroxylation is 1. The predicted octanol–water partition coefficient (Wildman–Crippen LogP) is 1.23. The second-order valence-corrected chi connectivity index (χ2v) is 4.72. The lowest BCUT2D eigenvalue weighted by atomic mass is 10.2. The van der Waals surface area contributed by atoms with Gasteiger partial charge >= 0.3 is 5.97 Å². The fourth-order valence-electron chi connectivity index (χ4n) is 1.15. The fourth-order valence-corrected chi connectivity index (χ4v) is 2.03. The molecule has 0 amide bonds. The van der Waals surface area contributed by atoms with E-state index in [1.165, 1.54) is 11.3 Å². The van der Waals surface area contributed by atoms with Crippen LogP contribution in [0.15, 0.2) is 6.07 Å². The van der Waals surface area contributed by atoms with Crippen LogP contribution in [0.1, 0.15) is 27.0 Å². The average molecular weight is 229 g/mol. The predicted molar refractivity (Wildman–Crippen MR) is 59.4 cm³/mol. The van der Waals surface area contributed by atoms with Crippen molar-refractivity contribution in [3.05, 3.63) is 21.4 Å². The maximum absolute atomic E-state index is 10.7. The quantitative estimate of drug-likeness (QED) is 0.710. The van der Waals surface area contributed by atoms with E-state index in [1.807, 2.05) is 13.8 Å². The lowest BCUT2D eigenvalue weighted by Gasteiger charge is -2.09. The Morgan fingerprint density at radius 3 is 2.80 bits per heavy atom. The molecule has 5 heteroatoms. The third kappa shape index (κ3) is 3.30. The summed E-state index contributed by atoms with van der Waals surface area (Å²) in [6.07, 6.45) is 0. The Morgan fingerprint density at radius 1 is 1.67 bits per heavy atom. The highest BCUT2D eigenvalue weighted by Gasteiger charge is 2.11. The molecule has 1 heterocycles. The number of aliphatic hydroxyl groups excluding tert-OH is 1. The van der Waals surface area contributed by atoms with Gasteiger partial charge in [-0.3, -0.25) is 0 Å². The lowest BCUT2D eigenvalue weighted by molar-refractivity contribution is 0.0702. The molecular formula is C10H15NO3S. The second kappa shape index (κ2) is 5.25. The normalized spacial score (nSPS) is 12.7. The number of carboxylic acids is 1. The van der Waals surface area contributed by atoms with Gasteiger partial charge in [0.1, 0.15) is 4.88 Å². The number of nitrogens with one attached hydrogen (secondary N) is 1. The highest BCUT2D eigenvalue weighted by molar-refractivity contribution is 7.14. The van der Waals surface area contributed by atoms with Gasteiger partial charge in [0.2, 0.25) is 0 Å². The summed E-state index contributed by atoms with van der Waals surface area (Å²) in [5, 5.41) is 20.7. The van der Waals surface area contributed by atoms with Crippen LogP contribution in [0.5, 0.6) is 0 Å². The van der Waals surface area contributed by atoms with Gasteiger partial charge in [-0.2, -0.15) is 0 Å². The fraction of sp³-hybridized carbons (Fsp3) is 0.500. The van der Waals surface area contributed by atoms with Gasteiger partial charge in [-0.05, 0) is 25.5 Å². The molecule has 1 aromatic heterocycles. The van der Waals surface area contributed by atoms with Gasteiger partial charge in [-0.1, -0.05) is 0 Å². The number of carbonyl (C=O) groups is 1. The van der Waals surface area contributed by atoms with Crippen LogP contribution in [0.25, 0.3) is 0 Å². The summed E-state index contributed by atoms with van der Waals surface area (Å²) in [4.78, 5) is 12.1.